The molecule has 15 heteroatoms. The number of carbonyl (C=O) groups excluding carboxylic acids is 1. The predicted octanol–water partition coefficient (Wildman–Crippen LogP) is 4.46. The zero-order valence-corrected chi connectivity index (χ0v) is 26.8. The minimum absolute atomic E-state index is 0.00259. The summed E-state index contributed by atoms with van der Waals surface area (Å²) in [4.78, 5) is 24.8. The van der Waals surface area contributed by atoms with E-state index in [2.05, 4.69) is 35.9 Å². The van der Waals surface area contributed by atoms with Crippen LogP contribution in [0.3, 0.4) is 0 Å². The molecule has 1 aliphatic heterocycles. The summed E-state index contributed by atoms with van der Waals surface area (Å²) in [6, 6.07) is 3.81. The average molecular weight is 639 g/mol. The number of hydrogen-bond donors (Lipinski definition) is 2. The third-order valence-corrected chi connectivity index (χ3v) is 7.45. The lowest BCUT2D eigenvalue weighted by atomic mass is 9.84. The number of carboxylic acid groups (broad SMARTS) is 1. The fraction of sp³-hybridized carbons (Fsp3) is 0.567. The molecule has 2 N–H and O–H groups in total. The molecule has 12 nitrogen and oxygen atoms in total. The molecule has 248 valence electrons. The van der Waals surface area contributed by atoms with Crippen LogP contribution in [-0.4, -0.2) is 81.9 Å². The Labute approximate surface area is 259 Å². The number of carbonyl (C=O) groups is 2. The Morgan fingerprint density at radius 3 is 2.22 bits per heavy atom. The van der Waals surface area contributed by atoms with E-state index < -0.39 is 12.1 Å². The van der Waals surface area contributed by atoms with Crippen molar-refractivity contribution in [2.75, 3.05) is 38.3 Å². The molecule has 0 saturated carbocycles. The van der Waals surface area contributed by atoms with Gasteiger partial charge in [-0.2, -0.15) is 17.7 Å². The molecule has 3 heterocycles. The molecule has 0 spiro atoms. The predicted molar refractivity (Wildman–Crippen MR) is 159 cm³/mol. The lowest BCUT2D eigenvalue weighted by Gasteiger charge is -2.33. The zero-order valence-electron chi connectivity index (χ0n) is 26.8. The van der Waals surface area contributed by atoms with Crippen LogP contribution in [0.5, 0.6) is 11.6 Å². The maximum absolute atomic E-state index is 13.7. The highest BCUT2D eigenvalue weighted by atomic mass is 19.4. The number of nitrogens with zero attached hydrogens (tertiary/aromatic N) is 5. The number of carboxylic acids is 1. The SMILES string of the molecule is CC[C@@H](C)Oc1nn2c(=N)n(CC(=O)c3cc(N4CCOCC4)c(OC)c(C(C)(C)C)c3)nc2c(C)c1C.O=C(O)C(F)(F)F. The number of methoxy groups -OCH3 is 1. The molecule has 1 saturated heterocycles. The van der Waals surface area contributed by atoms with Gasteiger partial charge in [0.15, 0.2) is 11.4 Å². The Balaban J connectivity index is 0.000000707. The summed E-state index contributed by atoms with van der Waals surface area (Å²) in [5.41, 5.74) is 4.45. The van der Waals surface area contributed by atoms with Crippen LogP contribution in [0, 0.1) is 19.3 Å². The van der Waals surface area contributed by atoms with Crippen molar-refractivity contribution >= 4 is 23.1 Å². The monoisotopic (exact) mass is 638 g/mol. The highest BCUT2D eigenvalue weighted by molar-refractivity contribution is 5.98. The summed E-state index contributed by atoms with van der Waals surface area (Å²) in [5.74, 6) is -1.64. The minimum Gasteiger partial charge on any atom is -0.494 e. The van der Waals surface area contributed by atoms with Crippen LogP contribution < -0.4 is 20.0 Å². The van der Waals surface area contributed by atoms with Crippen LogP contribution in [-0.2, 0) is 21.5 Å². The molecule has 1 atom stereocenters. The molecule has 1 fully saturated rings. The first-order valence-electron chi connectivity index (χ1n) is 14.5. The smallest absolute Gasteiger partial charge is 0.490 e. The molecule has 2 aromatic heterocycles. The molecule has 0 amide bonds. The largest absolute Gasteiger partial charge is 0.494 e. The second kappa shape index (κ2) is 13.9. The maximum atomic E-state index is 13.7. The fourth-order valence-electron chi connectivity index (χ4n) is 4.54. The van der Waals surface area contributed by atoms with E-state index in [4.69, 9.17) is 29.5 Å². The van der Waals surface area contributed by atoms with Crippen molar-refractivity contribution in [2.24, 2.45) is 0 Å². The summed E-state index contributed by atoms with van der Waals surface area (Å²) in [7, 11) is 1.67. The third kappa shape index (κ3) is 8.12. The van der Waals surface area contributed by atoms with Crippen LogP contribution in [0.15, 0.2) is 12.1 Å². The van der Waals surface area contributed by atoms with E-state index in [1.54, 1.807) is 7.11 Å². The molecule has 3 aromatic rings. The normalized spacial score (nSPS) is 14.5. The Morgan fingerprint density at radius 2 is 1.71 bits per heavy atom. The average Bonchev–Trinajstić information content (AvgIpc) is 3.29. The molecular weight excluding hydrogens is 597 g/mol. The number of ketones is 1. The number of aliphatic carboxylic acids is 1. The number of anilines is 1. The molecule has 0 unspecified atom stereocenters. The van der Waals surface area contributed by atoms with Gasteiger partial charge in [0, 0.05) is 35.3 Å². The van der Waals surface area contributed by atoms with E-state index in [0.717, 1.165) is 47.6 Å². The highest BCUT2D eigenvalue weighted by Gasteiger charge is 2.38. The Bertz CT molecular complexity index is 1600. The lowest BCUT2D eigenvalue weighted by Crippen LogP contribution is -2.37. The molecule has 0 radical (unpaired) electrons. The summed E-state index contributed by atoms with van der Waals surface area (Å²) in [5, 5.41) is 25.0. The first-order chi connectivity index (χ1) is 20.9. The van der Waals surface area contributed by atoms with Crippen LogP contribution >= 0.6 is 0 Å². The molecule has 0 bridgehead atoms. The van der Waals surface area contributed by atoms with Crippen LogP contribution in [0.25, 0.3) is 5.65 Å². The number of aryl methyl sites for hydroxylation is 1. The Kier molecular flexibility index (Phi) is 10.9. The number of alkyl halides is 3. The summed E-state index contributed by atoms with van der Waals surface area (Å²) in [6.07, 6.45) is -4.24. The van der Waals surface area contributed by atoms with Crippen molar-refractivity contribution in [3.8, 4) is 11.6 Å². The summed E-state index contributed by atoms with van der Waals surface area (Å²) < 4.78 is 52.0. The number of Topliss-reactive ketones (excluding diaryl/α,β-unsaturated/α-hetero) is 1. The number of rotatable bonds is 8. The van der Waals surface area contributed by atoms with E-state index in [1.807, 2.05) is 39.8 Å². The van der Waals surface area contributed by atoms with E-state index in [9.17, 15) is 18.0 Å². The van der Waals surface area contributed by atoms with E-state index in [0.29, 0.717) is 30.3 Å². The first-order valence-corrected chi connectivity index (χ1v) is 14.5. The number of hydrogen-bond acceptors (Lipinski definition) is 9. The first kappa shape index (κ1) is 35.3. The maximum Gasteiger partial charge on any atom is 0.490 e. The summed E-state index contributed by atoms with van der Waals surface area (Å²) >= 11 is 0. The standard InChI is InChI=1S/C28H40N6O4.C2HF3O2/c1-9-17(2)38-26-19(4)18(3)25-30-33(27(29)34(25)31-26)16-23(35)20-14-21(28(5,6)7)24(36-8)22(15-20)32-10-12-37-13-11-32;3-2(4,5)1(6)7/h14-15,17,29H,9-13,16H2,1-8H3;(H,6,7)/t17-;/m1./s1. The van der Waals surface area contributed by atoms with Crippen LogP contribution in [0.2, 0.25) is 0 Å². The number of morpholine rings is 1. The molecule has 45 heavy (non-hydrogen) atoms. The number of fused-ring (bicyclic) bond motifs is 1. The van der Waals surface area contributed by atoms with Gasteiger partial charge in [-0.05, 0) is 44.7 Å². The minimum atomic E-state index is -5.08. The van der Waals surface area contributed by atoms with Crippen molar-refractivity contribution in [1.82, 2.24) is 19.4 Å². The van der Waals surface area contributed by atoms with Gasteiger partial charge in [0.2, 0.25) is 11.5 Å². The van der Waals surface area contributed by atoms with Crippen LogP contribution in [0.1, 0.15) is 68.1 Å². The molecular formula is C30H41F3N6O6. The number of aromatic nitrogens is 4. The van der Waals surface area contributed by atoms with Gasteiger partial charge in [-0.1, -0.05) is 27.7 Å². The van der Waals surface area contributed by atoms with Gasteiger partial charge in [-0.25, -0.2) is 9.48 Å². The van der Waals surface area contributed by atoms with Gasteiger partial charge in [0.25, 0.3) is 0 Å². The van der Waals surface area contributed by atoms with Gasteiger partial charge < -0.3 is 24.2 Å². The molecule has 4 rings (SSSR count). The van der Waals surface area contributed by atoms with E-state index in [1.165, 1.54) is 9.20 Å². The van der Waals surface area contributed by atoms with Gasteiger partial charge in [-0.3, -0.25) is 10.2 Å². The van der Waals surface area contributed by atoms with Crippen molar-refractivity contribution in [3.63, 3.8) is 0 Å². The third-order valence-electron chi connectivity index (χ3n) is 7.45. The van der Waals surface area contributed by atoms with Crippen molar-refractivity contribution in [2.45, 2.75) is 79.1 Å². The number of ether oxygens (including phenoxy) is 3. The second-order valence-electron chi connectivity index (χ2n) is 11.8. The van der Waals surface area contributed by atoms with Gasteiger partial charge >= 0.3 is 12.1 Å². The molecule has 1 aliphatic rings. The van der Waals surface area contributed by atoms with Crippen LogP contribution in [0.4, 0.5) is 18.9 Å². The van der Waals surface area contributed by atoms with E-state index >= 15 is 0 Å². The number of nitrogens with one attached hydrogen (secondary N) is 1. The molecule has 1 aromatic carbocycles. The zero-order chi connectivity index (χ0) is 33.9. The quantitative estimate of drug-likeness (QED) is 0.342. The van der Waals surface area contributed by atoms with Gasteiger partial charge in [0.05, 0.1) is 32.1 Å². The summed E-state index contributed by atoms with van der Waals surface area (Å²) in [6.45, 7) is 16.8. The van der Waals surface area contributed by atoms with Gasteiger partial charge in [-0.15, -0.1) is 10.2 Å². The van der Waals surface area contributed by atoms with Gasteiger partial charge in [0.1, 0.15) is 12.3 Å². The fourth-order valence-corrected chi connectivity index (χ4v) is 4.54. The second-order valence-corrected chi connectivity index (χ2v) is 11.8. The number of benzene rings is 1. The topological polar surface area (TPSA) is 144 Å². The van der Waals surface area contributed by atoms with Crippen molar-refractivity contribution < 1.29 is 42.1 Å². The Hall–Kier alpha value is -4.14. The van der Waals surface area contributed by atoms with Crippen molar-refractivity contribution in [3.05, 3.63) is 40.0 Å². The number of halogens is 3. The lowest BCUT2D eigenvalue weighted by molar-refractivity contribution is -0.192. The Morgan fingerprint density at radius 1 is 1.11 bits per heavy atom. The van der Waals surface area contributed by atoms with E-state index in [-0.39, 0.29) is 29.5 Å². The molecule has 0 aliphatic carbocycles. The highest BCUT2D eigenvalue weighted by Crippen LogP contribution is 2.40. The van der Waals surface area contributed by atoms with Crippen molar-refractivity contribution in [1.29, 1.82) is 5.41 Å².